The lowest BCUT2D eigenvalue weighted by Crippen LogP contribution is -2.10. The lowest BCUT2D eigenvalue weighted by Gasteiger charge is -2.02. The van der Waals surface area contributed by atoms with Crippen LogP contribution in [0, 0.1) is 0 Å². The highest BCUT2D eigenvalue weighted by Crippen LogP contribution is 2.26. The average Bonchev–Trinajstić information content (AvgIpc) is 2.71. The minimum absolute atomic E-state index is 0.00447. The van der Waals surface area contributed by atoms with Gasteiger partial charge in [-0.1, -0.05) is 35.3 Å². The molecule has 0 atom stereocenters. The van der Waals surface area contributed by atoms with Crippen LogP contribution in [0.15, 0.2) is 51.7 Å². The highest BCUT2D eigenvalue weighted by molar-refractivity contribution is 9.10. The van der Waals surface area contributed by atoms with E-state index in [1.54, 1.807) is 10.0 Å². The number of hydrogen-bond acceptors (Lipinski definition) is 2. The molecule has 1 aromatic heterocycles. The van der Waals surface area contributed by atoms with E-state index in [9.17, 15) is 4.79 Å². The Morgan fingerprint density at radius 3 is 2.67 bits per heavy atom. The predicted molar refractivity (Wildman–Crippen MR) is 80.1 cm³/mol. The molecule has 2 nitrogen and oxygen atoms in total. The van der Waals surface area contributed by atoms with Crippen LogP contribution in [0.4, 0.5) is 0 Å². The quantitative estimate of drug-likeness (QED) is 0.640. The van der Waals surface area contributed by atoms with Gasteiger partial charge >= 0.3 is 0 Å². The van der Waals surface area contributed by atoms with Gasteiger partial charge in [0.1, 0.15) is 0 Å². The Kier molecular flexibility index (Phi) is 3.01. The van der Waals surface area contributed by atoms with Gasteiger partial charge in [0.15, 0.2) is 0 Å². The molecule has 3 rings (SSSR count). The number of benzene rings is 2. The van der Waals surface area contributed by atoms with Gasteiger partial charge in [-0.3, -0.25) is 4.79 Å². The molecule has 18 heavy (non-hydrogen) atoms. The van der Waals surface area contributed by atoms with E-state index in [1.165, 1.54) is 11.5 Å². The molecule has 0 radical (unpaired) electrons. The van der Waals surface area contributed by atoms with E-state index >= 15 is 0 Å². The maximum Gasteiger partial charge on any atom is 0.273 e. The van der Waals surface area contributed by atoms with Crippen LogP contribution in [-0.2, 0) is 0 Å². The average molecular weight is 341 g/mol. The number of halogens is 2. The molecule has 0 aliphatic heterocycles. The van der Waals surface area contributed by atoms with Crippen molar-refractivity contribution in [3.63, 3.8) is 0 Å². The van der Waals surface area contributed by atoms with Crippen LogP contribution in [0.25, 0.3) is 15.8 Å². The van der Waals surface area contributed by atoms with Gasteiger partial charge in [0.25, 0.3) is 5.56 Å². The molecule has 0 spiro atoms. The third-order valence-electron chi connectivity index (χ3n) is 2.63. The van der Waals surface area contributed by atoms with Gasteiger partial charge in [0.2, 0.25) is 0 Å². The van der Waals surface area contributed by atoms with Crippen LogP contribution >= 0.6 is 39.1 Å². The highest BCUT2D eigenvalue weighted by atomic mass is 79.9. The van der Waals surface area contributed by atoms with Crippen LogP contribution in [-0.4, -0.2) is 3.96 Å². The Morgan fingerprint density at radius 2 is 1.94 bits per heavy atom. The second kappa shape index (κ2) is 4.53. The molecule has 0 saturated heterocycles. The van der Waals surface area contributed by atoms with E-state index in [1.807, 2.05) is 36.4 Å². The van der Waals surface area contributed by atoms with E-state index in [0.717, 1.165) is 20.2 Å². The van der Waals surface area contributed by atoms with Crippen molar-refractivity contribution in [1.29, 1.82) is 0 Å². The maximum absolute atomic E-state index is 12.3. The first-order valence-corrected chi connectivity index (χ1v) is 7.18. The smallest absolute Gasteiger partial charge is 0.267 e. The Balaban J connectivity index is 2.28. The summed E-state index contributed by atoms with van der Waals surface area (Å²) >= 11 is 10.8. The highest BCUT2D eigenvalue weighted by Gasteiger charge is 2.09. The van der Waals surface area contributed by atoms with Crippen LogP contribution in [0.2, 0.25) is 5.02 Å². The van der Waals surface area contributed by atoms with E-state index in [4.69, 9.17) is 11.6 Å². The van der Waals surface area contributed by atoms with Crippen LogP contribution in [0.5, 0.6) is 0 Å². The summed E-state index contributed by atoms with van der Waals surface area (Å²) in [5.74, 6) is 0. The fourth-order valence-corrected chi connectivity index (χ4v) is 3.23. The number of fused-ring (bicyclic) bond motifs is 1. The van der Waals surface area contributed by atoms with Gasteiger partial charge < -0.3 is 0 Å². The molecule has 1 heterocycles. The van der Waals surface area contributed by atoms with Gasteiger partial charge in [0, 0.05) is 4.47 Å². The molecule has 5 heteroatoms. The van der Waals surface area contributed by atoms with Gasteiger partial charge in [-0.15, -0.1) is 0 Å². The summed E-state index contributed by atoms with van der Waals surface area (Å²) in [5, 5.41) is 1.38. The van der Waals surface area contributed by atoms with Crippen molar-refractivity contribution in [3.05, 3.63) is 62.3 Å². The maximum atomic E-state index is 12.3. The summed E-state index contributed by atoms with van der Waals surface area (Å²) in [6.07, 6.45) is 0. The third kappa shape index (κ3) is 1.90. The topological polar surface area (TPSA) is 22.0 Å². The molecule has 0 aliphatic rings. The SMILES string of the molecule is O=c1c2ccccc2sn1-c1ccc(Cl)c(Br)c1. The first-order valence-electron chi connectivity index (χ1n) is 5.23. The van der Waals surface area contributed by atoms with Crippen molar-refractivity contribution in [2.45, 2.75) is 0 Å². The second-order valence-electron chi connectivity index (χ2n) is 3.79. The molecular weight excluding hydrogens is 334 g/mol. The molecule has 0 amide bonds. The Labute approximate surface area is 121 Å². The molecule has 0 unspecified atom stereocenters. The zero-order valence-electron chi connectivity index (χ0n) is 9.06. The van der Waals surface area contributed by atoms with Crippen molar-refractivity contribution in [2.75, 3.05) is 0 Å². The first kappa shape index (κ1) is 12.0. The molecule has 3 aromatic rings. The summed E-state index contributed by atoms with van der Waals surface area (Å²) in [6, 6.07) is 13.1. The minimum Gasteiger partial charge on any atom is -0.267 e. The molecule has 0 N–H and O–H groups in total. The fraction of sp³-hybridized carbons (Fsp3) is 0. The van der Waals surface area contributed by atoms with Gasteiger partial charge in [0.05, 0.1) is 20.8 Å². The van der Waals surface area contributed by atoms with Crippen LogP contribution in [0.1, 0.15) is 0 Å². The van der Waals surface area contributed by atoms with Gasteiger partial charge in [-0.05, 0) is 46.3 Å². The largest absolute Gasteiger partial charge is 0.273 e. The van der Waals surface area contributed by atoms with Crippen molar-refractivity contribution in [3.8, 4) is 5.69 Å². The summed E-state index contributed by atoms with van der Waals surface area (Å²) in [6.45, 7) is 0. The normalized spacial score (nSPS) is 11.0. The molecule has 0 aliphatic carbocycles. The van der Waals surface area contributed by atoms with Crippen molar-refractivity contribution in [1.82, 2.24) is 3.96 Å². The summed E-state index contributed by atoms with van der Waals surface area (Å²) in [5.41, 5.74) is 0.822. The fourth-order valence-electron chi connectivity index (χ4n) is 1.75. The lowest BCUT2D eigenvalue weighted by molar-refractivity contribution is 1.14. The molecule has 0 bridgehead atoms. The zero-order chi connectivity index (χ0) is 12.7. The minimum atomic E-state index is 0.00447. The van der Waals surface area contributed by atoms with Crippen molar-refractivity contribution in [2.24, 2.45) is 0 Å². The molecule has 90 valence electrons. The Hall–Kier alpha value is -1.10. The van der Waals surface area contributed by atoms with Crippen molar-refractivity contribution < 1.29 is 0 Å². The predicted octanol–water partition coefficient (Wildman–Crippen LogP) is 4.47. The van der Waals surface area contributed by atoms with Crippen molar-refractivity contribution >= 4 is 49.1 Å². The van der Waals surface area contributed by atoms with Crippen LogP contribution in [0.3, 0.4) is 0 Å². The molecule has 0 fully saturated rings. The van der Waals surface area contributed by atoms with Crippen LogP contribution < -0.4 is 5.56 Å². The Morgan fingerprint density at radius 1 is 1.17 bits per heavy atom. The number of rotatable bonds is 1. The molecule has 0 saturated carbocycles. The molecular formula is C13H7BrClNOS. The standard InChI is InChI=1S/C13H7BrClNOS/c14-10-7-8(5-6-11(10)15)16-13(17)9-3-1-2-4-12(9)18-16/h1-7H. The number of aromatic nitrogens is 1. The van der Waals surface area contributed by atoms with E-state index in [0.29, 0.717) is 5.02 Å². The van der Waals surface area contributed by atoms with E-state index in [2.05, 4.69) is 15.9 Å². The first-order chi connectivity index (χ1) is 8.66. The van der Waals surface area contributed by atoms with E-state index in [-0.39, 0.29) is 5.56 Å². The summed E-state index contributed by atoms with van der Waals surface area (Å²) < 4.78 is 3.44. The second-order valence-corrected chi connectivity index (χ2v) is 6.03. The van der Waals surface area contributed by atoms with Gasteiger partial charge in [-0.25, -0.2) is 3.96 Å². The van der Waals surface area contributed by atoms with Gasteiger partial charge in [-0.2, -0.15) is 0 Å². The zero-order valence-corrected chi connectivity index (χ0v) is 12.2. The third-order valence-corrected chi connectivity index (χ3v) is 4.96. The summed E-state index contributed by atoms with van der Waals surface area (Å²) in [4.78, 5) is 12.3. The number of nitrogens with zero attached hydrogens (tertiary/aromatic N) is 1. The molecule has 2 aromatic carbocycles. The monoisotopic (exact) mass is 339 g/mol. The number of hydrogen-bond donors (Lipinski definition) is 0. The Bertz CT molecular complexity index is 793. The lowest BCUT2D eigenvalue weighted by atomic mass is 10.3. The summed E-state index contributed by atoms with van der Waals surface area (Å²) in [7, 11) is 0. The van der Waals surface area contributed by atoms with E-state index < -0.39 is 0 Å².